The maximum absolute atomic E-state index is 12.3. The summed E-state index contributed by atoms with van der Waals surface area (Å²) in [6, 6.07) is 0. The smallest absolute Gasteiger partial charge is 0.303 e. The number of nitrogens with zero attached hydrogens (tertiary/aromatic N) is 1. The highest BCUT2D eigenvalue weighted by Gasteiger charge is 2.25. The van der Waals surface area contributed by atoms with E-state index < -0.39 is 16.9 Å². The lowest BCUT2D eigenvalue weighted by Crippen LogP contribution is -2.15. The van der Waals surface area contributed by atoms with Crippen molar-refractivity contribution in [2.45, 2.75) is 52.9 Å². The highest BCUT2D eigenvalue weighted by molar-refractivity contribution is 6.01. The number of aldehydes is 1. The summed E-state index contributed by atoms with van der Waals surface area (Å²) in [4.78, 5) is 62.8. The molecule has 5 N–H and O–H groups in total. The van der Waals surface area contributed by atoms with Crippen molar-refractivity contribution in [3.05, 3.63) is 84.3 Å². The minimum Gasteiger partial charge on any atom is -0.481 e. The van der Waals surface area contributed by atoms with Crippen LogP contribution in [-0.2, 0) is 33.6 Å². The van der Waals surface area contributed by atoms with Gasteiger partial charge in [-0.05, 0) is 61.9 Å². The quantitative estimate of drug-likeness (QED) is 0.159. The van der Waals surface area contributed by atoms with Gasteiger partial charge >= 0.3 is 11.9 Å². The van der Waals surface area contributed by atoms with Gasteiger partial charge in [0.1, 0.15) is 0 Å². The first-order valence-corrected chi connectivity index (χ1v) is 11.8. The van der Waals surface area contributed by atoms with Crippen LogP contribution in [0.15, 0.2) is 29.1 Å². The Morgan fingerprint density at radius 3 is 1.97 bits per heavy atom. The topological polar surface area (TPSA) is 195 Å². The third kappa shape index (κ3) is 6.14. The van der Waals surface area contributed by atoms with Crippen LogP contribution < -0.4 is 5.32 Å². The largest absolute Gasteiger partial charge is 0.481 e. The van der Waals surface area contributed by atoms with Gasteiger partial charge in [0.15, 0.2) is 6.29 Å². The van der Waals surface area contributed by atoms with Crippen LogP contribution in [0.2, 0.25) is 0 Å². The van der Waals surface area contributed by atoms with Crippen LogP contribution >= 0.6 is 0 Å². The lowest BCUT2D eigenvalue weighted by molar-refractivity contribution is -0.402. The summed E-state index contributed by atoms with van der Waals surface area (Å²) in [7, 11) is 0. The molecule has 12 nitrogen and oxygen atoms in total. The highest BCUT2D eigenvalue weighted by atomic mass is 16.6. The van der Waals surface area contributed by atoms with Gasteiger partial charge in [0.2, 0.25) is 6.20 Å². The monoisotopic (exact) mass is 524 g/mol. The molecule has 12 heteroatoms. The third-order valence-electron chi connectivity index (χ3n) is 6.60. The van der Waals surface area contributed by atoms with Crippen LogP contribution in [-0.4, -0.2) is 49.2 Å². The van der Waals surface area contributed by atoms with E-state index in [4.69, 9.17) is 5.11 Å². The molecule has 3 heterocycles. The Bertz CT molecular complexity index is 1420. The second-order valence-electron chi connectivity index (χ2n) is 8.98. The molecule has 0 fully saturated rings. The number of carbonyl (C=O) groups excluding carboxylic acids is 2. The molecule has 2 aromatic rings. The molecule has 3 rings (SSSR count). The first-order valence-electron chi connectivity index (χ1n) is 11.8. The summed E-state index contributed by atoms with van der Waals surface area (Å²) < 4.78 is 0. The predicted octanol–water partition coefficient (Wildman–Crippen LogP) is 2.97. The van der Waals surface area contributed by atoms with Gasteiger partial charge in [0, 0.05) is 53.6 Å². The third-order valence-corrected chi connectivity index (χ3v) is 6.60. The lowest BCUT2D eigenvalue weighted by Gasteiger charge is -2.07. The fraction of sp³-hybridized carbons (Fsp3) is 0.308. The molecular formula is C26H28N4O8. The SMILES string of the molecule is CC1=C(/C=C/[N+](=O)[O-])/C(=C/c2[nH]c(Cc3[nH]c(C=O)c(C)c3CCC(=O)O)c(CCC(=O)O)c2C)NC1=O. The van der Waals surface area contributed by atoms with Crippen molar-refractivity contribution >= 4 is 30.2 Å². The van der Waals surface area contributed by atoms with E-state index in [1.54, 1.807) is 26.8 Å². The van der Waals surface area contributed by atoms with Gasteiger partial charge in [0.25, 0.3) is 5.91 Å². The van der Waals surface area contributed by atoms with Crippen molar-refractivity contribution in [3.8, 4) is 0 Å². The van der Waals surface area contributed by atoms with Crippen LogP contribution in [0.1, 0.15) is 69.6 Å². The van der Waals surface area contributed by atoms with Crippen molar-refractivity contribution in [2.24, 2.45) is 0 Å². The Morgan fingerprint density at radius 1 is 0.947 bits per heavy atom. The van der Waals surface area contributed by atoms with Gasteiger partial charge in [-0.1, -0.05) is 0 Å². The van der Waals surface area contributed by atoms with E-state index in [9.17, 15) is 34.4 Å². The number of carboxylic acids is 2. The first kappa shape index (κ1) is 27.8. The summed E-state index contributed by atoms with van der Waals surface area (Å²) in [5.74, 6) is -2.34. The van der Waals surface area contributed by atoms with E-state index in [-0.39, 0.29) is 38.0 Å². The Morgan fingerprint density at radius 2 is 1.47 bits per heavy atom. The number of aliphatic carboxylic acids is 2. The zero-order chi connectivity index (χ0) is 28.1. The summed E-state index contributed by atoms with van der Waals surface area (Å²) in [6.07, 6.45) is 4.70. The second-order valence-corrected chi connectivity index (χ2v) is 8.98. The van der Waals surface area contributed by atoms with Gasteiger partial charge < -0.3 is 25.5 Å². The van der Waals surface area contributed by atoms with Crippen molar-refractivity contribution in [1.29, 1.82) is 0 Å². The Balaban J connectivity index is 2.09. The normalized spacial score (nSPS) is 14.5. The molecule has 0 saturated heterocycles. The number of hydrogen-bond donors (Lipinski definition) is 5. The number of amides is 1. The second kappa shape index (κ2) is 11.5. The maximum atomic E-state index is 12.3. The molecule has 0 spiro atoms. The molecule has 2 aromatic heterocycles. The van der Waals surface area contributed by atoms with E-state index in [1.807, 2.05) is 0 Å². The van der Waals surface area contributed by atoms with Crippen LogP contribution in [0, 0.1) is 24.0 Å². The highest BCUT2D eigenvalue weighted by Crippen LogP contribution is 2.30. The van der Waals surface area contributed by atoms with Crippen LogP contribution in [0.25, 0.3) is 6.08 Å². The average Bonchev–Trinajstić information content (AvgIpc) is 3.40. The average molecular weight is 525 g/mol. The predicted molar refractivity (Wildman–Crippen MR) is 136 cm³/mol. The first-order chi connectivity index (χ1) is 17.9. The summed E-state index contributed by atoms with van der Waals surface area (Å²) in [5.41, 5.74) is 6.08. The van der Waals surface area contributed by atoms with Crippen molar-refractivity contribution < 1.29 is 34.3 Å². The number of nitro groups is 1. The van der Waals surface area contributed by atoms with Gasteiger partial charge in [-0.3, -0.25) is 29.3 Å². The molecule has 0 atom stereocenters. The number of allylic oxidation sites excluding steroid dienone is 1. The molecule has 38 heavy (non-hydrogen) atoms. The molecule has 1 amide bonds. The molecule has 1 aliphatic heterocycles. The summed E-state index contributed by atoms with van der Waals surface area (Å²) in [6.45, 7) is 5.09. The number of rotatable bonds is 12. The fourth-order valence-electron chi connectivity index (χ4n) is 4.54. The molecule has 200 valence electrons. The molecule has 0 aliphatic carbocycles. The number of hydrogen-bond acceptors (Lipinski definition) is 6. The Labute approximate surface area is 217 Å². The van der Waals surface area contributed by atoms with Gasteiger partial charge in [-0.25, -0.2) is 0 Å². The van der Waals surface area contributed by atoms with Gasteiger partial charge in [-0.15, -0.1) is 0 Å². The van der Waals surface area contributed by atoms with E-state index in [0.717, 1.165) is 17.3 Å². The number of aromatic amines is 2. The molecular weight excluding hydrogens is 496 g/mol. The fourth-order valence-corrected chi connectivity index (χ4v) is 4.54. The number of carboxylic acid groups (broad SMARTS) is 2. The molecule has 0 saturated carbocycles. The molecule has 1 aliphatic rings. The summed E-state index contributed by atoms with van der Waals surface area (Å²) >= 11 is 0. The minimum absolute atomic E-state index is 0.122. The minimum atomic E-state index is -0.980. The zero-order valence-electron chi connectivity index (χ0n) is 21.1. The standard InChI is InChI=1S/C26H28N4O8/c1-13-16(4-6-24(32)33)20(11-21-17(5-7-25(34)35)14(2)23(12-31)28-21)27-19(13)10-22-18(8-9-30(37)38)15(3)26(36)29-22/h8-10,12,27-28H,4-7,11H2,1-3H3,(H,29,36)(H,32,33)(H,34,35)/b9-8+,22-10-. The van der Waals surface area contributed by atoms with Gasteiger partial charge in [-0.2, -0.15) is 0 Å². The lowest BCUT2D eigenvalue weighted by atomic mass is 9.98. The van der Waals surface area contributed by atoms with E-state index in [0.29, 0.717) is 57.0 Å². The molecule has 0 radical (unpaired) electrons. The summed E-state index contributed by atoms with van der Waals surface area (Å²) in [5, 5.41) is 32.0. The van der Waals surface area contributed by atoms with Crippen LogP contribution in [0.5, 0.6) is 0 Å². The van der Waals surface area contributed by atoms with E-state index >= 15 is 0 Å². The molecule has 0 aromatic carbocycles. The van der Waals surface area contributed by atoms with Crippen molar-refractivity contribution in [3.63, 3.8) is 0 Å². The van der Waals surface area contributed by atoms with E-state index in [1.165, 1.54) is 6.08 Å². The van der Waals surface area contributed by atoms with Crippen LogP contribution in [0.4, 0.5) is 0 Å². The Hall–Kier alpha value is -4.74. The van der Waals surface area contributed by atoms with Crippen molar-refractivity contribution in [1.82, 2.24) is 15.3 Å². The number of aromatic nitrogens is 2. The number of nitrogens with one attached hydrogen (secondary N) is 3. The van der Waals surface area contributed by atoms with E-state index in [2.05, 4.69) is 15.3 Å². The Kier molecular flexibility index (Phi) is 8.46. The molecule has 0 bridgehead atoms. The molecule has 0 unspecified atom stereocenters. The number of carbonyl (C=O) groups is 4. The number of H-pyrrole nitrogens is 2. The van der Waals surface area contributed by atoms with Gasteiger partial charge in [0.05, 0.1) is 16.3 Å². The van der Waals surface area contributed by atoms with Crippen molar-refractivity contribution in [2.75, 3.05) is 0 Å². The zero-order valence-corrected chi connectivity index (χ0v) is 21.1. The maximum Gasteiger partial charge on any atom is 0.303 e. The van der Waals surface area contributed by atoms with Crippen LogP contribution in [0.3, 0.4) is 0 Å².